The maximum atomic E-state index is 12.4. The summed E-state index contributed by atoms with van der Waals surface area (Å²) in [7, 11) is 4.08. The minimum absolute atomic E-state index is 0.109. The van der Waals surface area contributed by atoms with Crippen molar-refractivity contribution in [2.75, 3.05) is 49.3 Å². The van der Waals surface area contributed by atoms with Gasteiger partial charge in [-0.15, -0.1) is 34.4 Å². The zero-order valence-corrected chi connectivity index (χ0v) is 20.9. The second-order valence-electron chi connectivity index (χ2n) is 8.20. The second-order valence-corrected chi connectivity index (χ2v) is 11.4. The molecule has 0 saturated heterocycles. The topological polar surface area (TPSA) is 112 Å². The number of fused-ring (bicyclic) bond motifs is 2. The van der Waals surface area contributed by atoms with Crippen LogP contribution in [-0.2, 0) is 35.5 Å². The Kier molecular flexibility index (Phi) is 7.37. The third kappa shape index (κ3) is 5.24. The van der Waals surface area contributed by atoms with Gasteiger partial charge in [0.1, 0.15) is 22.1 Å². The summed E-state index contributed by atoms with van der Waals surface area (Å²) in [5, 5.41) is 26.0. The number of anilines is 2. The van der Waals surface area contributed by atoms with E-state index in [-0.39, 0.29) is 23.3 Å². The van der Waals surface area contributed by atoms with Gasteiger partial charge in [0.05, 0.1) is 22.6 Å². The highest BCUT2D eigenvalue weighted by Crippen LogP contribution is 2.37. The molecule has 0 bridgehead atoms. The Labute approximate surface area is 205 Å². The van der Waals surface area contributed by atoms with E-state index in [1.807, 2.05) is 14.1 Å². The lowest BCUT2D eigenvalue weighted by Crippen LogP contribution is -2.25. The molecular formula is C22H24N6O2S3. The first-order valence-electron chi connectivity index (χ1n) is 10.5. The maximum Gasteiger partial charge on any atom is 0.235 e. The van der Waals surface area contributed by atoms with Crippen LogP contribution in [0.5, 0.6) is 0 Å². The zero-order chi connectivity index (χ0) is 23.5. The van der Waals surface area contributed by atoms with Gasteiger partial charge in [-0.05, 0) is 38.1 Å². The Morgan fingerprint density at radius 3 is 1.70 bits per heavy atom. The van der Waals surface area contributed by atoms with Crippen molar-refractivity contribution in [3.8, 4) is 12.1 Å². The summed E-state index contributed by atoms with van der Waals surface area (Å²) in [6.45, 7) is 3.36. The van der Waals surface area contributed by atoms with Crippen molar-refractivity contribution in [2.24, 2.45) is 0 Å². The van der Waals surface area contributed by atoms with Crippen LogP contribution in [0.4, 0.5) is 10.0 Å². The Balaban J connectivity index is 1.30. The molecule has 0 unspecified atom stereocenters. The molecule has 0 radical (unpaired) electrons. The van der Waals surface area contributed by atoms with Crippen LogP contribution in [0.2, 0.25) is 0 Å². The molecule has 4 rings (SSSR count). The van der Waals surface area contributed by atoms with Gasteiger partial charge in [0, 0.05) is 35.9 Å². The molecular weight excluding hydrogens is 476 g/mol. The predicted octanol–water partition coefficient (Wildman–Crippen LogP) is 2.84. The van der Waals surface area contributed by atoms with Gasteiger partial charge in [0.15, 0.2) is 0 Å². The van der Waals surface area contributed by atoms with Crippen molar-refractivity contribution in [1.82, 2.24) is 9.80 Å². The van der Waals surface area contributed by atoms with Crippen LogP contribution in [0.1, 0.15) is 32.0 Å². The van der Waals surface area contributed by atoms with E-state index in [4.69, 9.17) is 0 Å². The molecule has 11 heteroatoms. The summed E-state index contributed by atoms with van der Waals surface area (Å²) in [4.78, 5) is 31.5. The molecule has 0 aromatic carbocycles. The largest absolute Gasteiger partial charge is 0.316 e. The molecule has 2 aliphatic rings. The van der Waals surface area contributed by atoms with E-state index in [9.17, 15) is 20.1 Å². The van der Waals surface area contributed by atoms with E-state index in [2.05, 4.69) is 32.6 Å². The second kappa shape index (κ2) is 10.2. The summed E-state index contributed by atoms with van der Waals surface area (Å²) in [6.07, 6.45) is 1.62. The lowest BCUT2D eigenvalue weighted by molar-refractivity contribution is -0.114. The van der Waals surface area contributed by atoms with Crippen LogP contribution in [0.3, 0.4) is 0 Å². The molecule has 172 valence electrons. The van der Waals surface area contributed by atoms with E-state index in [1.54, 1.807) is 0 Å². The van der Waals surface area contributed by atoms with Crippen LogP contribution < -0.4 is 10.6 Å². The third-order valence-corrected chi connectivity index (χ3v) is 8.89. The van der Waals surface area contributed by atoms with Gasteiger partial charge in [-0.1, -0.05) is 0 Å². The Morgan fingerprint density at radius 2 is 1.30 bits per heavy atom. The number of rotatable bonds is 6. The Hall–Kier alpha value is -2.41. The lowest BCUT2D eigenvalue weighted by Gasteiger charge is -2.21. The molecule has 33 heavy (non-hydrogen) atoms. The lowest BCUT2D eigenvalue weighted by atomic mass is 10.0. The summed E-state index contributed by atoms with van der Waals surface area (Å²) < 4.78 is 0. The number of nitriles is 2. The Morgan fingerprint density at radius 1 is 0.879 bits per heavy atom. The SMILES string of the molecule is CN1CCc2c(sc(NC(=O)CSCC(=O)Nc3sc4c(c3C#N)CCN(C)C4)c2C#N)C1. The molecule has 0 aliphatic carbocycles. The highest BCUT2D eigenvalue weighted by Gasteiger charge is 2.25. The summed E-state index contributed by atoms with van der Waals surface area (Å²) >= 11 is 4.13. The monoisotopic (exact) mass is 500 g/mol. The number of nitrogens with one attached hydrogen (secondary N) is 2. The Bertz CT molecular complexity index is 1080. The quantitative estimate of drug-likeness (QED) is 0.627. The number of thioether (sulfide) groups is 1. The van der Waals surface area contributed by atoms with E-state index in [0.717, 1.165) is 59.9 Å². The molecule has 0 spiro atoms. The van der Waals surface area contributed by atoms with Crippen LogP contribution in [0.25, 0.3) is 0 Å². The number of likely N-dealkylation sites (N-methyl/N-ethyl adjacent to an activating group) is 2. The van der Waals surface area contributed by atoms with E-state index in [1.165, 1.54) is 34.4 Å². The van der Waals surface area contributed by atoms with Crippen LogP contribution >= 0.6 is 34.4 Å². The molecule has 2 aromatic rings. The van der Waals surface area contributed by atoms with Crippen LogP contribution in [-0.4, -0.2) is 60.3 Å². The molecule has 2 aliphatic heterocycles. The molecule has 8 nitrogen and oxygen atoms in total. The van der Waals surface area contributed by atoms with Crippen LogP contribution in [0, 0.1) is 22.7 Å². The van der Waals surface area contributed by atoms with Crippen molar-refractivity contribution >= 4 is 56.3 Å². The summed E-state index contributed by atoms with van der Waals surface area (Å²) in [5.41, 5.74) is 3.22. The van der Waals surface area contributed by atoms with Gasteiger partial charge in [-0.25, -0.2) is 0 Å². The highest BCUT2D eigenvalue weighted by molar-refractivity contribution is 8.00. The number of amides is 2. The molecule has 2 N–H and O–H groups in total. The number of hydrogen-bond acceptors (Lipinski definition) is 9. The van der Waals surface area contributed by atoms with Gasteiger partial charge in [0.25, 0.3) is 0 Å². The molecule has 2 aromatic heterocycles. The number of nitrogens with zero attached hydrogens (tertiary/aromatic N) is 4. The first-order valence-corrected chi connectivity index (χ1v) is 13.3. The molecule has 0 atom stereocenters. The number of carbonyl (C=O) groups is 2. The average molecular weight is 501 g/mol. The van der Waals surface area contributed by atoms with Crippen LogP contribution in [0.15, 0.2) is 0 Å². The third-order valence-electron chi connectivity index (χ3n) is 5.69. The first-order chi connectivity index (χ1) is 15.9. The van der Waals surface area contributed by atoms with E-state index in [0.29, 0.717) is 21.1 Å². The normalized spacial score (nSPS) is 15.8. The molecule has 2 amide bonds. The van der Waals surface area contributed by atoms with Gasteiger partial charge < -0.3 is 20.4 Å². The van der Waals surface area contributed by atoms with Crippen molar-refractivity contribution in [1.29, 1.82) is 10.5 Å². The standard InChI is InChI=1S/C22H24N6O2S3/c1-27-5-3-13-15(7-23)21(32-17(13)9-27)25-19(29)11-31-12-20(30)26-22-16(8-24)14-4-6-28(2)10-18(14)33-22/h3-6,9-12H2,1-2H3,(H,25,29)(H,26,30). The van der Waals surface area contributed by atoms with E-state index >= 15 is 0 Å². The van der Waals surface area contributed by atoms with Gasteiger partial charge in [-0.3, -0.25) is 9.59 Å². The molecule has 4 heterocycles. The average Bonchev–Trinajstić information content (AvgIpc) is 3.28. The van der Waals surface area contributed by atoms with Crippen molar-refractivity contribution < 1.29 is 9.59 Å². The summed E-state index contributed by atoms with van der Waals surface area (Å²) in [5.74, 6) is -0.248. The van der Waals surface area contributed by atoms with Crippen molar-refractivity contribution in [2.45, 2.75) is 25.9 Å². The zero-order valence-electron chi connectivity index (χ0n) is 18.5. The van der Waals surface area contributed by atoms with Gasteiger partial charge in [0.2, 0.25) is 11.8 Å². The number of hydrogen-bond donors (Lipinski definition) is 2. The fraction of sp³-hybridized carbons (Fsp3) is 0.455. The number of carbonyl (C=O) groups excluding carboxylic acids is 2. The predicted molar refractivity (Wildman–Crippen MR) is 133 cm³/mol. The van der Waals surface area contributed by atoms with Gasteiger partial charge >= 0.3 is 0 Å². The highest BCUT2D eigenvalue weighted by atomic mass is 32.2. The van der Waals surface area contributed by atoms with Gasteiger partial charge in [-0.2, -0.15) is 10.5 Å². The minimum atomic E-state index is -0.233. The maximum absolute atomic E-state index is 12.4. The smallest absolute Gasteiger partial charge is 0.235 e. The van der Waals surface area contributed by atoms with E-state index < -0.39 is 0 Å². The number of thiophene rings is 2. The minimum Gasteiger partial charge on any atom is -0.316 e. The first kappa shape index (κ1) is 23.7. The summed E-state index contributed by atoms with van der Waals surface area (Å²) in [6, 6.07) is 4.48. The fourth-order valence-electron chi connectivity index (χ4n) is 4.04. The van der Waals surface area contributed by atoms with Crippen molar-refractivity contribution in [3.63, 3.8) is 0 Å². The fourth-order valence-corrected chi connectivity index (χ4v) is 7.24. The van der Waals surface area contributed by atoms with Crippen molar-refractivity contribution in [3.05, 3.63) is 32.0 Å². The molecule has 0 fully saturated rings. The molecule has 0 saturated carbocycles.